The van der Waals surface area contributed by atoms with Crippen LogP contribution in [0.15, 0.2) is 33.5 Å². The molecule has 0 N–H and O–H groups in total. The summed E-state index contributed by atoms with van der Waals surface area (Å²) in [5.74, 6) is 0.578. The highest BCUT2D eigenvalue weighted by molar-refractivity contribution is 5.87. The van der Waals surface area contributed by atoms with E-state index in [0.29, 0.717) is 30.0 Å². The summed E-state index contributed by atoms with van der Waals surface area (Å²) in [5.41, 5.74) is 0.235. The largest absolute Gasteiger partial charge is 0.497 e. The maximum atomic E-state index is 12.8. The first-order valence-electron chi connectivity index (χ1n) is 8.34. The number of carbonyl (C=O) groups excluding carboxylic acids is 1. The fraction of sp³-hybridized carbons (Fsp3) is 0.474. The number of morpholine rings is 1. The molecule has 0 saturated carbocycles. The van der Waals surface area contributed by atoms with Gasteiger partial charge in [0.15, 0.2) is 0 Å². The third-order valence-corrected chi connectivity index (χ3v) is 4.30. The molecule has 1 fully saturated rings. The van der Waals surface area contributed by atoms with Crippen LogP contribution in [0.25, 0.3) is 11.0 Å². The number of benzene rings is 1. The summed E-state index contributed by atoms with van der Waals surface area (Å²) < 4.78 is 16.2. The lowest BCUT2D eigenvalue weighted by atomic mass is 10.0. The van der Waals surface area contributed by atoms with Crippen LogP contribution in [0.1, 0.15) is 26.3 Å². The van der Waals surface area contributed by atoms with Gasteiger partial charge in [0.25, 0.3) is 0 Å². The van der Waals surface area contributed by atoms with Crippen molar-refractivity contribution in [2.24, 2.45) is 0 Å². The zero-order chi connectivity index (χ0) is 18.2. The Hall–Kier alpha value is -2.34. The number of methoxy groups -OCH3 is 1. The Morgan fingerprint density at radius 2 is 2.12 bits per heavy atom. The van der Waals surface area contributed by atoms with E-state index in [2.05, 4.69) is 0 Å². The molecule has 0 spiro atoms. The Balaban J connectivity index is 1.89. The van der Waals surface area contributed by atoms with Crippen LogP contribution < -0.4 is 10.4 Å². The summed E-state index contributed by atoms with van der Waals surface area (Å²) >= 11 is 0. The molecule has 0 aliphatic carbocycles. The SMILES string of the molecule is COc1ccc2c(CC(=O)N3C[C@H](C)OC(C)(C)C3)cc(=O)oc2c1. The standard InChI is InChI=1S/C19H23NO5/c1-12-10-20(11-19(2,3)25-12)17(21)7-13-8-18(22)24-16-9-14(23-4)5-6-15(13)16/h5-6,8-9,12H,7,10-11H2,1-4H3/t12-/m0/s1. The molecule has 6 heteroatoms. The van der Waals surface area contributed by atoms with Crippen LogP contribution in [0.3, 0.4) is 0 Å². The van der Waals surface area contributed by atoms with Gasteiger partial charge in [-0.15, -0.1) is 0 Å². The van der Waals surface area contributed by atoms with Gasteiger partial charge in [-0.3, -0.25) is 4.79 Å². The second-order valence-corrected chi connectivity index (χ2v) is 7.09. The van der Waals surface area contributed by atoms with Crippen molar-refractivity contribution >= 4 is 16.9 Å². The van der Waals surface area contributed by atoms with Gasteiger partial charge in [-0.05, 0) is 38.5 Å². The monoisotopic (exact) mass is 345 g/mol. The Labute approximate surface area is 146 Å². The minimum absolute atomic E-state index is 0.0189. The molecule has 134 valence electrons. The van der Waals surface area contributed by atoms with Crippen LogP contribution in [0.5, 0.6) is 5.75 Å². The Morgan fingerprint density at radius 3 is 2.80 bits per heavy atom. The average Bonchev–Trinajstić information content (AvgIpc) is 2.52. The van der Waals surface area contributed by atoms with Gasteiger partial charge >= 0.3 is 5.63 Å². The Morgan fingerprint density at radius 1 is 1.36 bits per heavy atom. The third kappa shape index (κ3) is 3.85. The minimum atomic E-state index is -0.473. The highest BCUT2D eigenvalue weighted by atomic mass is 16.5. The number of nitrogens with zero attached hydrogens (tertiary/aromatic N) is 1. The molecule has 6 nitrogen and oxygen atoms in total. The van der Waals surface area contributed by atoms with Crippen LogP contribution in [0.4, 0.5) is 0 Å². The van der Waals surface area contributed by atoms with Crippen LogP contribution in [-0.2, 0) is 16.0 Å². The summed E-state index contributed by atoms with van der Waals surface area (Å²) in [4.78, 5) is 26.5. The summed E-state index contributed by atoms with van der Waals surface area (Å²) in [6.45, 7) is 6.99. The zero-order valence-electron chi connectivity index (χ0n) is 15.0. The predicted molar refractivity (Wildman–Crippen MR) is 93.9 cm³/mol. The summed E-state index contributed by atoms with van der Waals surface area (Å²) in [6.07, 6.45) is 0.131. The van der Waals surface area contributed by atoms with E-state index in [1.54, 1.807) is 24.1 Å². The topological polar surface area (TPSA) is 69.0 Å². The van der Waals surface area contributed by atoms with E-state index in [-0.39, 0.29) is 24.0 Å². The van der Waals surface area contributed by atoms with E-state index >= 15 is 0 Å². The average molecular weight is 345 g/mol. The van der Waals surface area contributed by atoms with Crippen molar-refractivity contribution < 1.29 is 18.7 Å². The molecule has 2 heterocycles. The van der Waals surface area contributed by atoms with Crippen LogP contribution >= 0.6 is 0 Å². The fourth-order valence-electron chi connectivity index (χ4n) is 3.40. The molecule has 1 amide bonds. The molecule has 1 saturated heterocycles. The van der Waals surface area contributed by atoms with Gasteiger partial charge < -0.3 is 18.8 Å². The molecule has 25 heavy (non-hydrogen) atoms. The van der Waals surface area contributed by atoms with E-state index < -0.39 is 5.63 Å². The first-order valence-corrected chi connectivity index (χ1v) is 8.34. The number of amides is 1. The molecule has 1 aliphatic rings. The molecule has 0 bridgehead atoms. The van der Waals surface area contributed by atoms with Gasteiger partial charge in [-0.2, -0.15) is 0 Å². The number of rotatable bonds is 3. The van der Waals surface area contributed by atoms with Crippen molar-refractivity contribution in [3.05, 3.63) is 40.2 Å². The summed E-state index contributed by atoms with van der Waals surface area (Å²) in [5, 5.41) is 0.745. The maximum absolute atomic E-state index is 12.8. The van der Waals surface area contributed by atoms with E-state index in [1.807, 2.05) is 26.8 Å². The molecule has 0 unspecified atom stereocenters. The van der Waals surface area contributed by atoms with Crippen LogP contribution in [0.2, 0.25) is 0 Å². The van der Waals surface area contributed by atoms with Crippen molar-refractivity contribution in [2.75, 3.05) is 20.2 Å². The molecular weight excluding hydrogens is 322 g/mol. The highest BCUT2D eigenvalue weighted by Crippen LogP contribution is 2.25. The van der Waals surface area contributed by atoms with E-state index in [1.165, 1.54) is 6.07 Å². The minimum Gasteiger partial charge on any atom is -0.497 e. The molecular formula is C19H23NO5. The number of ether oxygens (including phenoxy) is 2. The van der Waals surface area contributed by atoms with Gasteiger partial charge in [0.2, 0.25) is 5.91 Å². The molecule has 1 atom stereocenters. The van der Waals surface area contributed by atoms with Gasteiger partial charge in [0, 0.05) is 30.6 Å². The number of carbonyl (C=O) groups is 1. The second kappa shape index (κ2) is 6.52. The lowest BCUT2D eigenvalue weighted by Gasteiger charge is -2.41. The Kier molecular flexibility index (Phi) is 4.56. The number of fused-ring (bicyclic) bond motifs is 1. The van der Waals surface area contributed by atoms with Gasteiger partial charge in [-0.25, -0.2) is 4.79 Å². The molecule has 0 radical (unpaired) electrons. The molecule has 1 aromatic heterocycles. The van der Waals surface area contributed by atoms with Gasteiger partial charge in [0.1, 0.15) is 11.3 Å². The van der Waals surface area contributed by atoms with Crippen LogP contribution in [0, 0.1) is 0 Å². The quantitative estimate of drug-likeness (QED) is 0.799. The number of hydrogen-bond acceptors (Lipinski definition) is 5. The zero-order valence-corrected chi connectivity index (χ0v) is 15.0. The van der Waals surface area contributed by atoms with Gasteiger partial charge in [0.05, 0.1) is 25.2 Å². The lowest BCUT2D eigenvalue weighted by Crippen LogP contribution is -2.54. The van der Waals surface area contributed by atoms with Crippen molar-refractivity contribution in [3.63, 3.8) is 0 Å². The van der Waals surface area contributed by atoms with Crippen molar-refractivity contribution in [1.29, 1.82) is 0 Å². The van der Waals surface area contributed by atoms with E-state index in [9.17, 15) is 9.59 Å². The third-order valence-electron chi connectivity index (χ3n) is 4.30. The first-order chi connectivity index (χ1) is 11.8. The van der Waals surface area contributed by atoms with Crippen molar-refractivity contribution in [1.82, 2.24) is 4.90 Å². The first kappa shape index (κ1) is 17.5. The maximum Gasteiger partial charge on any atom is 0.336 e. The molecule has 2 aromatic rings. The normalized spacial score (nSPS) is 19.8. The molecule has 3 rings (SSSR count). The van der Waals surface area contributed by atoms with E-state index in [4.69, 9.17) is 13.9 Å². The summed E-state index contributed by atoms with van der Waals surface area (Å²) in [6, 6.07) is 6.65. The molecule has 1 aromatic carbocycles. The summed E-state index contributed by atoms with van der Waals surface area (Å²) in [7, 11) is 1.55. The lowest BCUT2D eigenvalue weighted by molar-refractivity contribution is -0.157. The van der Waals surface area contributed by atoms with Gasteiger partial charge in [-0.1, -0.05) is 0 Å². The second-order valence-electron chi connectivity index (χ2n) is 7.09. The Bertz CT molecular complexity index is 855. The predicted octanol–water partition coefficient (Wildman–Crippen LogP) is 2.37. The smallest absolute Gasteiger partial charge is 0.336 e. The molecule has 1 aliphatic heterocycles. The van der Waals surface area contributed by atoms with Crippen molar-refractivity contribution in [3.8, 4) is 5.75 Å². The highest BCUT2D eigenvalue weighted by Gasteiger charge is 2.33. The van der Waals surface area contributed by atoms with E-state index in [0.717, 1.165) is 5.39 Å². The van der Waals surface area contributed by atoms with Crippen LogP contribution in [-0.4, -0.2) is 42.7 Å². The number of hydrogen-bond donors (Lipinski definition) is 0. The fourth-order valence-corrected chi connectivity index (χ4v) is 3.40. The van der Waals surface area contributed by atoms with Crippen molar-refractivity contribution in [2.45, 2.75) is 38.9 Å².